The highest BCUT2D eigenvalue weighted by Gasteiger charge is 2.29. The van der Waals surface area contributed by atoms with E-state index in [4.69, 9.17) is 10.5 Å². The minimum Gasteiger partial charge on any atom is -0.392 e. The van der Waals surface area contributed by atoms with Crippen LogP contribution in [-0.2, 0) is 14.8 Å². The highest BCUT2D eigenvalue weighted by Crippen LogP contribution is 2.08. The zero-order valence-electron chi connectivity index (χ0n) is 9.58. The Morgan fingerprint density at radius 2 is 2.12 bits per heavy atom. The topological polar surface area (TPSA) is 92.9 Å². The molecule has 0 aliphatic carbocycles. The molecule has 0 rings (SSSR count). The molecule has 2 unspecified atom stereocenters. The van der Waals surface area contributed by atoms with E-state index >= 15 is 0 Å². The van der Waals surface area contributed by atoms with Crippen molar-refractivity contribution < 1.29 is 18.3 Å². The number of aliphatic hydroxyl groups is 1. The normalized spacial score (nSPS) is 16.1. The maximum Gasteiger partial charge on any atom is 0.223 e. The molecular formula is C8H18N2O4S2. The van der Waals surface area contributed by atoms with Crippen LogP contribution >= 0.6 is 12.2 Å². The van der Waals surface area contributed by atoms with Crippen molar-refractivity contribution in [3.05, 3.63) is 0 Å². The van der Waals surface area contributed by atoms with Gasteiger partial charge in [-0.05, 0) is 6.92 Å². The minimum absolute atomic E-state index is 0.0525. The summed E-state index contributed by atoms with van der Waals surface area (Å²) in [5.74, 6) is 0. The average Bonchev–Trinajstić information content (AvgIpc) is 2.16. The maximum absolute atomic E-state index is 11.8. The number of methoxy groups -OCH3 is 1. The van der Waals surface area contributed by atoms with Gasteiger partial charge in [-0.3, -0.25) is 0 Å². The van der Waals surface area contributed by atoms with Crippen LogP contribution in [0.5, 0.6) is 0 Å². The van der Waals surface area contributed by atoms with E-state index in [1.807, 2.05) is 0 Å². The van der Waals surface area contributed by atoms with Gasteiger partial charge in [0, 0.05) is 20.7 Å². The van der Waals surface area contributed by atoms with Gasteiger partial charge >= 0.3 is 0 Å². The number of ether oxygens (including phenoxy) is 1. The third-order valence-electron chi connectivity index (χ3n) is 2.11. The average molecular weight is 270 g/mol. The second-order valence-corrected chi connectivity index (χ2v) is 6.31. The molecule has 0 aliphatic heterocycles. The number of aliphatic hydroxyl groups excluding tert-OH is 1. The van der Waals surface area contributed by atoms with E-state index < -0.39 is 21.4 Å². The lowest BCUT2D eigenvalue weighted by Crippen LogP contribution is -2.44. The SMILES string of the molecule is COCC(O)CN(C)S(=O)(=O)C(C)C(N)=S. The van der Waals surface area contributed by atoms with Crippen LogP contribution in [0.1, 0.15) is 6.92 Å². The van der Waals surface area contributed by atoms with Gasteiger partial charge in [0.15, 0.2) is 0 Å². The smallest absolute Gasteiger partial charge is 0.223 e. The summed E-state index contributed by atoms with van der Waals surface area (Å²) >= 11 is 4.64. The Bertz CT molecular complexity index is 331. The molecule has 0 fully saturated rings. The van der Waals surface area contributed by atoms with Gasteiger partial charge in [0.1, 0.15) is 5.25 Å². The second kappa shape index (κ2) is 6.45. The first-order valence-corrected chi connectivity index (χ1v) is 6.56. The molecular weight excluding hydrogens is 252 g/mol. The van der Waals surface area contributed by atoms with Gasteiger partial charge in [0.25, 0.3) is 0 Å². The Labute approximate surface area is 101 Å². The number of hydrogen-bond acceptors (Lipinski definition) is 5. The van der Waals surface area contributed by atoms with Crippen molar-refractivity contribution in [1.82, 2.24) is 4.31 Å². The predicted molar refractivity (Wildman–Crippen MR) is 65.7 cm³/mol. The van der Waals surface area contributed by atoms with Crippen LogP contribution in [0.3, 0.4) is 0 Å². The van der Waals surface area contributed by atoms with Crippen molar-refractivity contribution in [2.45, 2.75) is 18.3 Å². The Kier molecular flexibility index (Phi) is 6.34. The molecule has 8 heteroatoms. The first-order chi connectivity index (χ1) is 7.23. The quantitative estimate of drug-likeness (QED) is 0.572. The highest BCUT2D eigenvalue weighted by molar-refractivity contribution is 7.92. The molecule has 0 amide bonds. The lowest BCUT2D eigenvalue weighted by Gasteiger charge is -2.23. The molecule has 2 atom stereocenters. The van der Waals surface area contributed by atoms with E-state index in [9.17, 15) is 13.5 Å². The minimum atomic E-state index is -3.60. The van der Waals surface area contributed by atoms with Gasteiger partial charge in [0.05, 0.1) is 17.7 Å². The van der Waals surface area contributed by atoms with Gasteiger partial charge < -0.3 is 15.6 Å². The van der Waals surface area contributed by atoms with E-state index in [2.05, 4.69) is 12.2 Å². The third-order valence-corrected chi connectivity index (χ3v) is 4.78. The molecule has 0 saturated carbocycles. The summed E-state index contributed by atoms with van der Waals surface area (Å²) in [6, 6.07) is 0. The molecule has 0 heterocycles. The van der Waals surface area contributed by atoms with Crippen LogP contribution < -0.4 is 5.73 Å². The number of nitrogens with zero attached hydrogens (tertiary/aromatic N) is 1. The van der Waals surface area contributed by atoms with Crippen LogP contribution in [0, 0.1) is 0 Å². The number of hydrogen-bond donors (Lipinski definition) is 2. The summed E-state index contributed by atoms with van der Waals surface area (Å²) in [6.45, 7) is 1.43. The van der Waals surface area contributed by atoms with Gasteiger partial charge in [-0.25, -0.2) is 12.7 Å². The Morgan fingerprint density at radius 1 is 1.62 bits per heavy atom. The summed E-state index contributed by atoms with van der Waals surface area (Å²) in [6.07, 6.45) is -0.872. The maximum atomic E-state index is 11.8. The van der Waals surface area contributed by atoms with E-state index in [0.717, 1.165) is 4.31 Å². The van der Waals surface area contributed by atoms with Crippen molar-refractivity contribution in [3.63, 3.8) is 0 Å². The summed E-state index contributed by atoms with van der Waals surface area (Å²) in [5, 5.41) is 8.47. The molecule has 3 N–H and O–H groups in total. The number of nitrogens with two attached hydrogens (primary N) is 1. The molecule has 96 valence electrons. The van der Waals surface area contributed by atoms with E-state index in [1.165, 1.54) is 21.1 Å². The fourth-order valence-electron chi connectivity index (χ4n) is 1.06. The molecule has 0 aliphatic rings. The summed E-state index contributed by atoms with van der Waals surface area (Å²) in [7, 11) is -0.810. The van der Waals surface area contributed by atoms with Crippen LogP contribution in [0.4, 0.5) is 0 Å². The van der Waals surface area contributed by atoms with Gasteiger partial charge in [-0.1, -0.05) is 12.2 Å². The monoisotopic (exact) mass is 270 g/mol. The first-order valence-electron chi connectivity index (χ1n) is 4.65. The van der Waals surface area contributed by atoms with Crippen LogP contribution in [0.15, 0.2) is 0 Å². The molecule has 0 bridgehead atoms. The summed E-state index contributed by atoms with van der Waals surface area (Å²) in [5.41, 5.74) is 5.29. The van der Waals surface area contributed by atoms with Crippen molar-refractivity contribution in [3.8, 4) is 0 Å². The number of likely N-dealkylation sites (N-methyl/N-ethyl adjacent to an activating group) is 1. The molecule has 0 radical (unpaired) electrons. The van der Waals surface area contributed by atoms with E-state index in [1.54, 1.807) is 0 Å². The Balaban J connectivity index is 4.59. The van der Waals surface area contributed by atoms with Crippen molar-refractivity contribution >= 4 is 27.2 Å². The molecule has 6 nitrogen and oxygen atoms in total. The van der Waals surface area contributed by atoms with Crippen LogP contribution in [0.2, 0.25) is 0 Å². The lowest BCUT2D eigenvalue weighted by molar-refractivity contribution is 0.0554. The van der Waals surface area contributed by atoms with Crippen molar-refractivity contribution in [2.75, 3.05) is 27.3 Å². The molecule has 0 saturated heterocycles. The molecule has 16 heavy (non-hydrogen) atoms. The predicted octanol–water partition coefficient (Wildman–Crippen LogP) is -1.07. The highest BCUT2D eigenvalue weighted by atomic mass is 32.2. The number of thiocarbonyl (C=S) groups is 1. The van der Waals surface area contributed by atoms with Crippen molar-refractivity contribution in [1.29, 1.82) is 0 Å². The number of sulfonamides is 1. The van der Waals surface area contributed by atoms with Crippen LogP contribution in [0.25, 0.3) is 0 Å². The number of rotatable bonds is 7. The second-order valence-electron chi connectivity index (χ2n) is 3.48. The Hall–Kier alpha value is -0.280. The summed E-state index contributed by atoms with van der Waals surface area (Å²) < 4.78 is 29.4. The van der Waals surface area contributed by atoms with Gasteiger partial charge in [0.2, 0.25) is 10.0 Å². The lowest BCUT2D eigenvalue weighted by atomic mass is 10.4. The summed E-state index contributed by atoms with van der Waals surface area (Å²) in [4.78, 5) is -0.0897. The standard InChI is InChI=1S/C8H18N2O4S2/c1-6(8(9)15)16(12,13)10(2)4-7(11)5-14-3/h6-7,11H,4-5H2,1-3H3,(H2,9,15). The Morgan fingerprint density at radius 3 is 2.50 bits per heavy atom. The van der Waals surface area contributed by atoms with E-state index in [-0.39, 0.29) is 18.1 Å². The van der Waals surface area contributed by atoms with E-state index in [0.29, 0.717) is 0 Å². The third kappa shape index (κ3) is 4.30. The molecule has 0 spiro atoms. The fourth-order valence-corrected chi connectivity index (χ4v) is 2.64. The van der Waals surface area contributed by atoms with Crippen LogP contribution in [-0.4, -0.2) is 61.5 Å². The first kappa shape index (κ1) is 15.7. The van der Waals surface area contributed by atoms with Gasteiger partial charge in [-0.2, -0.15) is 0 Å². The largest absolute Gasteiger partial charge is 0.392 e. The van der Waals surface area contributed by atoms with Gasteiger partial charge in [-0.15, -0.1) is 0 Å². The molecule has 0 aromatic heterocycles. The fraction of sp³-hybridized carbons (Fsp3) is 0.875. The molecule has 0 aromatic rings. The zero-order chi connectivity index (χ0) is 12.9. The zero-order valence-corrected chi connectivity index (χ0v) is 11.2. The molecule has 0 aromatic carbocycles. The van der Waals surface area contributed by atoms with Crippen molar-refractivity contribution in [2.24, 2.45) is 5.73 Å².